The molecule has 0 atom stereocenters. The van der Waals surface area contributed by atoms with E-state index in [0.717, 1.165) is 16.3 Å². The molecule has 0 aliphatic heterocycles. The number of nitrogens with one attached hydrogen (secondary N) is 2. The smallest absolute Gasteiger partial charge is 0.435 e. The molecule has 9 nitrogen and oxygen atoms in total. The number of carbonyl (C=O) groups excluding carboxylic acids is 1. The molecule has 0 aliphatic rings. The van der Waals surface area contributed by atoms with Crippen LogP contribution in [0.5, 0.6) is 11.5 Å². The molecule has 0 fully saturated rings. The predicted octanol–water partition coefficient (Wildman–Crippen LogP) is 4.81. The molecule has 3 heterocycles. The minimum absolute atomic E-state index is 0.160. The van der Waals surface area contributed by atoms with Crippen LogP contribution in [0.3, 0.4) is 0 Å². The zero-order chi connectivity index (χ0) is 24.5. The summed E-state index contributed by atoms with van der Waals surface area (Å²) in [5, 5.41) is 11.8. The van der Waals surface area contributed by atoms with Gasteiger partial charge in [-0.1, -0.05) is 0 Å². The van der Waals surface area contributed by atoms with Crippen molar-refractivity contribution in [3.8, 4) is 22.8 Å². The fourth-order valence-corrected chi connectivity index (χ4v) is 2.98. The van der Waals surface area contributed by atoms with Gasteiger partial charge < -0.3 is 10.1 Å². The second-order valence-electron chi connectivity index (χ2n) is 7.14. The molecule has 34 heavy (non-hydrogen) atoms. The van der Waals surface area contributed by atoms with Crippen LogP contribution in [0.25, 0.3) is 11.3 Å². The van der Waals surface area contributed by atoms with E-state index in [1.165, 1.54) is 25.4 Å². The second kappa shape index (κ2) is 8.84. The molecule has 2 amide bonds. The maximum Gasteiger partial charge on any atom is 0.435 e. The summed E-state index contributed by atoms with van der Waals surface area (Å²) in [6.45, 7) is 0. The summed E-state index contributed by atoms with van der Waals surface area (Å²) in [6, 6.07) is 6.73. The number of aryl methyl sites for hydroxylation is 2. The number of pyridine rings is 1. The van der Waals surface area contributed by atoms with Crippen molar-refractivity contribution < 1.29 is 27.1 Å². The number of hydrogen-bond acceptors (Lipinski definition) is 5. The van der Waals surface area contributed by atoms with Gasteiger partial charge in [0, 0.05) is 50.3 Å². The monoisotopic (exact) mass is 475 g/mol. The number of urea groups is 1. The van der Waals surface area contributed by atoms with Crippen LogP contribution in [-0.2, 0) is 20.3 Å². The van der Waals surface area contributed by atoms with Crippen LogP contribution >= 0.6 is 0 Å². The minimum atomic E-state index is -4.66. The van der Waals surface area contributed by atoms with Crippen molar-refractivity contribution >= 4 is 17.5 Å². The van der Waals surface area contributed by atoms with Crippen LogP contribution in [0.4, 0.5) is 33.9 Å². The lowest BCUT2D eigenvalue weighted by atomic mass is 10.2. The van der Waals surface area contributed by atoms with E-state index in [9.17, 15) is 22.4 Å². The number of rotatable bonds is 5. The first-order valence-corrected chi connectivity index (χ1v) is 9.70. The van der Waals surface area contributed by atoms with Crippen molar-refractivity contribution in [2.75, 3.05) is 10.6 Å². The summed E-state index contributed by atoms with van der Waals surface area (Å²) in [7, 11) is 3.01. The molecule has 13 heteroatoms. The molecule has 0 radical (unpaired) electrons. The summed E-state index contributed by atoms with van der Waals surface area (Å²) < 4.78 is 60.9. The Morgan fingerprint density at radius 3 is 2.47 bits per heavy atom. The molecular formula is C21H17F4N7O2. The Morgan fingerprint density at radius 2 is 1.82 bits per heavy atom. The van der Waals surface area contributed by atoms with Gasteiger partial charge in [0.15, 0.2) is 5.69 Å². The lowest BCUT2D eigenvalue weighted by Crippen LogP contribution is -2.21. The highest BCUT2D eigenvalue weighted by Gasteiger charge is 2.34. The highest BCUT2D eigenvalue weighted by molar-refractivity contribution is 5.99. The second-order valence-corrected chi connectivity index (χ2v) is 7.14. The fourth-order valence-electron chi connectivity index (χ4n) is 2.98. The first-order chi connectivity index (χ1) is 16.1. The number of benzene rings is 1. The van der Waals surface area contributed by atoms with Gasteiger partial charge in [-0.25, -0.2) is 9.18 Å². The van der Waals surface area contributed by atoms with Gasteiger partial charge in [-0.15, -0.1) is 0 Å². The Hall–Kier alpha value is -4.42. The number of nitrogens with zero attached hydrogens (tertiary/aromatic N) is 5. The lowest BCUT2D eigenvalue weighted by molar-refractivity contribution is -0.141. The van der Waals surface area contributed by atoms with Gasteiger partial charge in [-0.05, 0) is 18.2 Å². The summed E-state index contributed by atoms with van der Waals surface area (Å²) in [5.74, 6) is -0.459. The number of anilines is 2. The van der Waals surface area contributed by atoms with E-state index < -0.39 is 23.7 Å². The molecule has 0 bridgehead atoms. The van der Waals surface area contributed by atoms with Gasteiger partial charge >= 0.3 is 12.2 Å². The Bertz CT molecular complexity index is 1350. The van der Waals surface area contributed by atoms with Gasteiger partial charge in [-0.2, -0.15) is 23.4 Å². The summed E-state index contributed by atoms with van der Waals surface area (Å²) in [4.78, 5) is 16.4. The largest absolute Gasteiger partial charge is 0.457 e. The molecule has 4 aromatic rings. The number of carbonyl (C=O) groups is 1. The van der Waals surface area contributed by atoms with E-state index in [-0.39, 0.29) is 17.3 Å². The fraction of sp³-hybridized carbons (Fsp3) is 0.143. The molecule has 0 unspecified atom stereocenters. The number of aromatic nitrogens is 5. The van der Waals surface area contributed by atoms with Crippen LogP contribution in [0.2, 0.25) is 0 Å². The molecule has 176 valence electrons. The minimum Gasteiger partial charge on any atom is -0.457 e. The molecule has 1 aromatic carbocycles. The third-order valence-electron chi connectivity index (χ3n) is 4.57. The van der Waals surface area contributed by atoms with Crippen LogP contribution < -0.4 is 15.4 Å². The number of amides is 2. The van der Waals surface area contributed by atoms with Gasteiger partial charge in [0.25, 0.3) is 0 Å². The number of halogens is 4. The quantitative estimate of drug-likeness (QED) is 0.404. The molecule has 0 aliphatic carbocycles. The zero-order valence-electron chi connectivity index (χ0n) is 17.8. The number of ether oxygens (including phenoxy) is 1. The van der Waals surface area contributed by atoms with Crippen LogP contribution in [-0.4, -0.2) is 30.6 Å². The van der Waals surface area contributed by atoms with Crippen molar-refractivity contribution in [2.45, 2.75) is 6.18 Å². The van der Waals surface area contributed by atoms with Crippen molar-refractivity contribution in [2.24, 2.45) is 14.1 Å². The average Bonchev–Trinajstić information content (AvgIpc) is 3.36. The van der Waals surface area contributed by atoms with Gasteiger partial charge in [-0.3, -0.25) is 19.7 Å². The first kappa shape index (κ1) is 22.8. The van der Waals surface area contributed by atoms with Gasteiger partial charge in [0.2, 0.25) is 0 Å². The Kier molecular flexibility index (Phi) is 5.92. The summed E-state index contributed by atoms with van der Waals surface area (Å²) in [5.41, 5.74) is 0.0277. The maximum absolute atomic E-state index is 14.5. The number of hydrogen-bond donors (Lipinski definition) is 2. The molecule has 0 saturated carbocycles. The molecular weight excluding hydrogens is 458 g/mol. The van der Waals surface area contributed by atoms with Crippen molar-refractivity contribution in [3.05, 3.63) is 66.5 Å². The van der Waals surface area contributed by atoms with Crippen molar-refractivity contribution in [3.63, 3.8) is 0 Å². The van der Waals surface area contributed by atoms with Crippen LogP contribution in [0.15, 0.2) is 55.0 Å². The van der Waals surface area contributed by atoms with Crippen molar-refractivity contribution in [1.29, 1.82) is 0 Å². The van der Waals surface area contributed by atoms with E-state index in [1.807, 2.05) is 0 Å². The molecule has 2 N–H and O–H groups in total. The summed E-state index contributed by atoms with van der Waals surface area (Å²) in [6.07, 6.45) is 0.306. The average molecular weight is 475 g/mol. The van der Waals surface area contributed by atoms with E-state index in [2.05, 4.69) is 25.8 Å². The molecule has 3 aromatic heterocycles. The Balaban J connectivity index is 1.43. The third-order valence-corrected chi connectivity index (χ3v) is 4.57. The van der Waals surface area contributed by atoms with E-state index in [0.29, 0.717) is 17.5 Å². The van der Waals surface area contributed by atoms with Crippen LogP contribution in [0.1, 0.15) is 5.69 Å². The normalized spacial score (nSPS) is 11.4. The number of alkyl halides is 3. The Morgan fingerprint density at radius 1 is 1.06 bits per heavy atom. The van der Waals surface area contributed by atoms with Crippen LogP contribution in [0, 0.1) is 5.82 Å². The van der Waals surface area contributed by atoms with Gasteiger partial charge in [0.1, 0.15) is 23.1 Å². The van der Waals surface area contributed by atoms with E-state index >= 15 is 0 Å². The molecule has 0 saturated heterocycles. The van der Waals surface area contributed by atoms with Crippen molar-refractivity contribution in [1.82, 2.24) is 24.5 Å². The first-order valence-electron chi connectivity index (χ1n) is 9.70. The molecule has 0 spiro atoms. The zero-order valence-corrected chi connectivity index (χ0v) is 17.8. The molecule has 4 rings (SSSR count). The van der Waals surface area contributed by atoms with E-state index in [1.54, 1.807) is 36.3 Å². The Labute approximate surface area is 190 Å². The predicted molar refractivity (Wildman–Crippen MR) is 114 cm³/mol. The van der Waals surface area contributed by atoms with E-state index in [4.69, 9.17) is 4.74 Å². The SMILES string of the molecule is Cn1cc(-c2cc(Oc3ccc(NC(=O)Nc4cc(C(F)(F)F)nn4C)c(F)c3)ccn2)cn1. The highest BCUT2D eigenvalue weighted by atomic mass is 19.4. The highest BCUT2D eigenvalue weighted by Crippen LogP contribution is 2.30. The standard InChI is InChI=1S/C21H17F4N7O2/c1-31-11-12(10-27-31)17-8-14(5-6-26-17)34-13-3-4-16(15(22)7-13)28-20(33)29-19-9-18(21(23,24)25)30-32(19)2/h3-11H,1-2H3,(H2,28,29,33). The summed E-state index contributed by atoms with van der Waals surface area (Å²) >= 11 is 0. The third kappa shape index (κ3) is 5.14. The topological polar surface area (TPSA) is 98.9 Å². The maximum atomic E-state index is 14.5. The van der Waals surface area contributed by atoms with Gasteiger partial charge in [0.05, 0.1) is 17.6 Å². The lowest BCUT2D eigenvalue weighted by Gasteiger charge is -2.11.